The molecule has 0 aliphatic carbocycles. The molecule has 0 atom stereocenters. The zero-order chi connectivity index (χ0) is 20.4. The summed E-state index contributed by atoms with van der Waals surface area (Å²) in [7, 11) is 3.18. The summed E-state index contributed by atoms with van der Waals surface area (Å²) < 4.78 is 12.6. The van der Waals surface area contributed by atoms with Crippen LogP contribution < -0.4 is 14.8 Å². The molecule has 1 aromatic carbocycles. The smallest absolute Gasteiger partial charge is 0.263 e. The lowest BCUT2D eigenvalue weighted by molar-refractivity contribution is 0.0953. The summed E-state index contributed by atoms with van der Waals surface area (Å²) in [5.74, 6) is 1.11. The van der Waals surface area contributed by atoms with Gasteiger partial charge in [0, 0.05) is 18.0 Å². The second-order valence-electron chi connectivity index (χ2n) is 6.38. The molecule has 0 spiro atoms. The zero-order valence-corrected chi connectivity index (χ0v) is 17.1. The lowest BCUT2D eigenvalue weighted by Crippen LogP contribution is -2.22. The van der Waals surface area contributed by atoms with Crippen molar-refractivity contribution in [3.05, 3.63) is 65.1 Å². The number of aromatic nitrogens is 3. The van der Waals surface area contributed by atoms with Crippen LogP contribution in [0.2, 0.25) is 0 Å². The molecule has 0 fully saturated rings. The van der Waals surface area contributed by atoms with Gasteiger partial charge < -0.3 is 19.2 Å². The molecule has 3 aromatic heterocycles. The molecule has 3 heterocycles. The van der Waals surface area contributed by atoms with E-state index in [-0.39, 0.29) is 5.91 Å². The first kappa shape index (κ1) is 18.9. The molecule has 1 amide bonds. The Morgan fingerprint density at radius 2 is 1.97 bits per heavy atom. The Labute approximate surface area is 172 Å². The number of nitrogens with zero attached hydrogens (tertiary/aromatic N) is 3. The number of nitrogens with one attached hydrogen (secondary N) is 1. The highest BCUT2D eigenvalue weighted by Crippen LogP contribution is 2.35. The maximum absolute atomic E-state index is 12.7. The van der Waals surface area contributed by atoms with E-state index in [2.05, 4.69) is 15.3 Å². The van der Waals surface area contributed by atoms with Crippen molar-refractivity contribution >= 4 is 22.9 Å². The van der Waals surface area contributed by atoms with E-state index in [1.807, 2.05) is 60.1 Å². The van der Waals surface area contributed by atoms with Gasteiger partial charge in [0.1, 0.15) is 15.5 Å². The van der Waals surface area contributed by atoms with Gasteiger partial charge in [-0.3, -0.25) is 4.79 Å². The highest BCUT2D eigenvalue weighted by Gasteiger charge is 2.17. The zero-order valence-electron chi connectivity index (χ0n) is 16.3. The van der Waals surface area contributed by atoms with Crippen LogP contribution in [-0.4, -0.2) is 34.5 Å². The van der Waals surface area contributed by atoms with Crippen molar-refractivity contribution in [1.82, 2.24) is 19.7 Å². The highest BCUT2D eigenvalue weighted by atomic mass is 32.1. The van der Waals surface area contributed by atoms with Gasteiger partial charge in [0.05, 0.1) is 32.2 Å². The normalized spacial score (nSPS) is 10.9. The number of amides is 1. The molecule has 0 aliphatic rings. The summed E-state index contributed by atoms with van der Waals surface area (Å²) in [6.45, 7) is 2.18. The van der Waals surface area contributed by atoms with Gasteiger partial charge in [-0.2, -0.15) is 0 Å². The van der Waals surface area contributed by atoms with Gasteiger partial charge >= 0.3 is 0 Å². The maximum atomic E-state index is 12.7. The van der Waals surface area contributed by atoms with E-state index in [9.17, 15) is 4.79 Å². The maximum Gasteiger partial charge on any atom is 0.263 e. The average Bonchev–Trinajstić information content (AvgIpc) is 3.34. The predicted molar refractivity (Wildman–Crippen MR) is 112 cm³/mol. The molecule has 8 heteroatoms. The molecule has 4 rings (SSSR count). The Bertz CT molecular complexity index is 1150. The van der Waals surface area contributed by atoms with E-state index < -0.39 is 0 Å². The van der Waals surface area contributed by atoms with Gasteiger partial charge in [-0.05, 0) is 37.3 Å². The fourth-order valence-corrected chi connectivity index (χ4v) is 4.00. The van der Waals surface area contributed by atoms with Crippen LogP contribution in [0.25, 0.3) is 16.2 Å². The minimum atomic E-state index is -0.163. The van der Waals surface area contributed by atoms with E-state index in [0.29, 0.717) is 28.6 Å². The molecule has 7 nitrogen and oxygen atoms in total. The number of benzene rings is 1. The van der Waals surface area contributed by atoms with Crippen LogP contribution in [0, 0.1) is 6.92 Å². The third-order valence-electron chi connectivity index (χ3n) is 4.48. The van der Waals surface area contributed by atoms with Crippen LogP contribution in [0.1, 0.15) is 21.1 Å². The highest BCUT2D eigenvalue weighted by molar-refractivity contribution is 7.17. The molecule has 29 heavy (non-hydrogen) atoms. The Balaban J connectivity index is 1.52. The first-order valence-corrected chi connectivity index (χ1v) is 9.81. The summed E-state index contributed by atoms with van der Waals surface area (Å²) in [6.07, 6.45) is 3.83. The third kappa shape index (κ3) is 3.79. The van der Waals surface area contributed by atoms with E-state index >= 15 is 0 Å². The molecular weight excluding hydrogens is 388 g/mol. The van der Waals surface area contributed by atoms with Gasteiger partial charge in [0.2, 0.25) is 0 Å². The van der Waals surface area contributed by atoms with Crippen molar-refractivity contribution in [3.8, 4) is 22.1 Å². The Kier molecular flexibility index (Phi) is 5.18. The summed E-state index contributed by atoms with van der Waals surface area (Å²) in [5, 5.41) is 3.68. The largest absolute Gasteiger partial charge is 0.493 e. The molecule has 148 valence electrons. The van der Waals surface area contributed by atoms with Crippen LogP contribution in [0.4, 0.5) is 0 Å². The standard InChI is InChI=1S/C21H20N4O3S/c1-13-19(20(26)22-11-15-12-25-9-5-4-6-18(25)24-15)29-21(23-13)14-7-8-16(27-2)17(10-14)28-3/h4-10,12H,11H2,1-3H3,(H,22,26). The Hall–Kier alpha value is -3.39. The third-order valence-corrected chi connectivity index (χ3v) is 5.68. The quantitative estimate of drug-likeness (QED) is 0.526. The van der Waals surface area contributed by atoms with Crippen molar-refractivity contribution in [2.75, 3.05) is 14.2 Å². The molecule has 0 unspecified atom stereocenters. The Morgan fingerprint density at radius 3 is 2.72 bits per heavy atom. The average molecular weight is 408 g/mol. The SMILES string of the molecule is COc1ccc(-c2nc(C)c(C(=O)NCc3cn4ccccc4n3)s2)cc1OC. The number of carbonyl (C=O) groups is 1. The van der Waals surface area contributed by atoms with Gasteiger partial charge in [-0.1, -0.05) is 6.07 Å². The predicted octanol–water partition coefficient (Wildman–Crippen LogP) is 3.71. The van der Waals surface area contributed by atoms with Crippen LogP contribution in [0.15, 0.2) is 48.8 Å². The van der Waals surface area contributed by atoms with E-state index in [1.54, 1.807) is 14.2 Å². The van der Waals surface area contributed by atoms with Gasteiger partial charge in [-0.25, -0.2) is 9.97 Å². The van der Waals surface area contributed by atoms with Crippen molar-refractivity contribution in [2.24, 2.45) is 0 Å². The summed E-state index contributed by atoms with van der Waals surface area (Å²) in [6, 6.07) is 11.4. The van der Waals surface area contributed by atoms with Gasteiger partial charge in [0.15, 0.2) is 11.5 Å². The lowest BCUT2D eigenvalue weighted by Gasteiger charge is -2.08. The van der Waals surface area contributed by atoms with Gasteiger partial charge in [0.25, 0.3) is 5.91 Å². The van der Waals surface area contributed by atoms with Crippen molar-refractivity contribution < 1.29 is 14.3 Å². The first-order valence-electron chi connectivity index (χ1n) is 8.99. The molecule has 0 radical (unpaired) electrons. The van der Waals surface area contributed by atoms with Crippen molar-refractivity contribution in [3.63, 3.8) is 0 Å². The summed E-state index contributed by atoms with van der Waals surface area (Å²) in [4.78, 5) is 22.3. The monoisotopic (exact) mass is 408 g/mol. The summed E-state index contributed by atoms with van der Waals surface area (Å²) in [5.41, 5.74) is 3.20. The van der Waals surface area contributed by atoms with Crippen LogP contribution in [-0.2, 0) is 6.54 Å². The number of pyridine rings is 1. The minimum absolute atomic E-state index is 0.163. The fourth-order valence-electron chi connectivity index (χ4n) is 3.02. The molecule has 1 N–H and O–H groups in total. The lowest BCUT2D eigenvalue weighted by atomic mass is 10.2. The number of carbonyl (C=O) groups excluding carboxylic acids is 1. The number of aryl methyl sites for hydroxylation is 1. The Morgan fingerprint density at radius 1 is 1.14 bits per heavy atom. The van der Waals surface area contributed by atoms with Crippen molar-refractivity contribution in [1.29, 1.82) is 0 Å². The van der Waals surface area contributed by atoms with E-state index in [0.717, 1.165) is 21.9 Å². The fraction of sp³-hybridized carbons (Fsp3) is 0.190. The number of hydrogen-bond acceptors (Lipinski definition) is 6. The number of hydrogen-bond donors (Lipinski definition) is 1. The van der Waals surface area contributed by atoms with E-state index in [4.69, 9.17) is 9.47 Å². The second kappa shape index (κ2) is 7.92. The number of rotatable bonds is 6. The molecule has 4 aromatic rings. The topological polar surface area (TPSA) is 77.8 Å². The summed E-state index contributed by atoms with van der Waals surface area (Å²) >= 11 is 1.35. The first-order chi connectivity index (χ1) is 14.1. The minimum Gasteiger partial charge on any atom is -0.493 e. The molecule has 0 bridgehead atoms. The molecule has 0 saturated heterocycles. The van der Waals surface area contributed by atoms with Crippen LogP contribution in [0.5, 0.6) is 11.5 Å². The van der Waals surface area contributed by atoms with E-state index in [1.165, 1.54) is 11.3 Å². The molecular formula is C21H20N4O3S. The number of ether oxygens (including phenoxy) is 2. The van der Waals surface area contributed by atoms with Crippen molar-refractivity contribution in [2.45, 2.75) is 13.5 Å². The van der Waals surface area contributed by atoms with Crippen LogP contribution >= 0.6 is 11.3 Å². The number of thiazole rings is 1. The molecule has 0 aliphatic heterocycles. The number of imidazole rings is 1. The number of fused-ring (bicyclic) bond motifs is 1. The van der Waals surface area contributed by atoms with Gasteiger partial charge in [-0.15, -0.1) is 11.3 Å². The van der Waals surface area contributed by atoms with Crippen LogP contribution in [0.3, 0.4) is 0 Å². The molecule has 0 saturated carbocycles. The number of methoxy groups -OCH3 is 2. The second-order valence-corrected chi connectivity index (χ2v) is 7.38.